The SMILES string of the molecule is [2H]C1([2H])C[C@]2(C)[C@H]3CC[C@]4(C)[C@@H]([C@H](C)CCCC(C)C)CC[C@H]4[C@@H]3CC[C@H]2C([2H])([2H])C1([2H])[2H]. The lowest BCUT2D eigenvalue weighted by Gasteiger charge is -2.61. The van der Waals surface area contributed by atoms with Gasteiger partial charge in [-0.3, -0.25) is 0 Å². The lowest BCUT2D eigenvalue weighted by molar-refractivity contribution is -0.114. The summed E-state index contributed by atoms with van der Waals surface area (Å²) >= 11 is 0. The maximum Gasteiger partial charge on any atom is 0.0270 e. The first-order valence-corrected chi connectivity index (χ1v) is 12.1. The van der Waals surface area contributed by atoms with Gasteiger partial charge in [0.15, 0.2) is 0 Å². The monoisotopic (exact) mass is 378 g/mol. The molecule has 0 amide bonds. The predicted octanol–water partition coefficient (Wildman–Crippen LogP) is 8.50. The minimum atomic E-state index is -2.44. The molecule has 4 rings (SSSR count). The Morgan fingerprint density at radius 1 is 0.852 bits per heavy atom. The second-order valence-corrected chi connectivity index (χ2v) is 11.7. The average Bonchev–Trinajstić information content (AvgIpc) is 3.03. The Kier molecular flexibility index (Phi) is 4.01. The van der Waals surface area contributed by atoms with E-state index in [1.807, 2.05) is 0 Å². The Labute approximate surface area is 179 Å². The summed E-state index contributed by atoms with van der Waals surface area (Å²) < 4.78 is 51.4. The zero-order valence-corrected chi connectivity index (χ0v) is 18.6. The quantitative estimate of drug-likeness (QED) is 0.450. The van der Waals surface area contributed by atoms with Gasteiger partial charge in [-0.2, -0.15) is 0 Å². The number of hydrogen-bond donors (Lipinski definition) is 0. The molecule has 27 heavy (non-hydrogen) atoms. The molecule has 0 saturated heterocycles. The van der Waals surface area contributed by atoms with Crippen molar-refractivity contribution in [3.8, 4) is 0 Å². The topological polar surface area (TPSA) is 0 Å². The zero-order valence-electron chi connectivity index (χ0n) is 24.6. The molecule has 4 aliphatic rings. The third-order valence-electron chi connectivity index (χ3n) is 9.87. The summed E-state index contributed by atoms with van der Waals surface area (Å²) in [6.07, 6.45) is 3.98. The van der Waals surface area contributed by atoms with Crippen molar-refractivity contribution in [2.75, 3.05) is 0 Å². The van der Waals surface area contributed by atoms with Gasteiger partial charge in [-0.15, -0.1) is 0 Å². The van der Waals surface area contributed by atoms with Gasteiger partial charge in [-0.25, -0.2) is 0 Å². The van der Waals surface area contributed by atoms with E-state index in [1.54, 1.807) is 0 Å². The van der Waals surface area contributed by atoms with Crippen molar-refractivity contribution in [2.45, 2.75) is 118 Å². The summed E-state index contributed by atoms with van der Waals surface area (Å²) in [6.45, 7) is 11.8. The smallest absolute Gasteiger partial charge is 0.0270 e. The molecule has 0 N–H and O–H groups in total. The van der Waals surface area contributed by atoms with Gasteiger partial charge < -0.3 is 0 Å². The Bertz CT molecular complexity index is 732. The lowest BCUT2D eigenvalue weighted by Crippen LogP contribution is -2.53. The Balaban J connectivity index is 1.56. The van der Waals surface area contributed by atoms with Crippen LogP contribution in [0.25, 0.3) is 0 Å². The Morgan fingerprint density at radius 2 is 1.63 bits per heavy atom. The Hall–Kier alpha value is 0. The molecule has 8 atom stereocenters. The predicted molar refractivity (Wildman–Crippen MR) is 118 cm³/mol. The third kappa shape index (κ3) is 3.44. The third-order valence-corrected chi connectivity index (χ3v) is 9.87. The van der Waals surface area contributed by atoms with Crippen LogP contribution in [0, 0.1) is 52.3 Å². The molecule has 0 bridgehead atoms. The van der Waals surface area contributed by atoms with Crippen LogP contribution in [0.3, 0.4) is 0 Å². The van der Waals surface area contributed by atoms with Crippen molar-refractivity contribution in [3.05, 3.63) is 0 Å². The van der Waals surface area contributed by atoms with Crippen LogP contribution >= 0.6 is 0 Å². The molecule has 0 heteroatoms. The molecule has 0 aromatic carbocycles. The van der Waals surface area contributed by atoms with E-state index in [-0.39, 0.29) is 12.3 Å². The molecule has 0 nitrogen and oxygen atoms in total. The molecule has 0 radical (unpaired) electrons. The highest BCUT2D eigenvalue weighted by Gasteiger charge is 2.59. The minimum absolute atomic E-state index is 0.164. The molecule has 0 unspecified atom stereocenters. The molecule has 0 aromatic rings. The van der Waals surface area contributed by atoms with Gasteiger partial charge in [-0.1, -0.05) is 66.6 Å². The van der Waals surface area contributed by atoms with E-state index in [9.17, 15) is 0 Å². The number of fused-ring (bicyclic) bond motifs is 5. The van der Waals surface area contributed by atoms with Gasteiger partial charge in [0.1, 0.15) is 0 Å². The van der Waals surface area contributed by atoms with Crippen LogP contribution in [0.15, 0.2) is 0 Å². The summed E-state index contributed by atoms with van der Waals surface area (Å²) in [5.41, 5.74) is -0.0905. The first-order valence-electron chi connectivity index (χ1n) is 15.1. The highest BCUT2D eigenvalue weighted by Crippen LogP contribution is 2.68. The molecule has 0 spiro atoms. The molecular formula is C27H48. The van der Waals surface area contributed by atoms with E-state index in [1.165, 1.54) is 38.5 Å². The average molecular weight is 379 g/mol. The molecule has 156 valence electrons. The second-order valence-electron chi connectivity index (χ2n) is 11.7. The highest BCUT2D eigenvalue weighted by molar-refractivity contribution is 5.09. The van der Waals surface area contributed by atoms with Gasteiger partial charge in [-0.05, 0) is 104 Å². The fourth-order valence-corrected chi connectivity index (χ4v) is 8.34. The maximum atomic E-state index is 8.76. The molecule has 0 heterocycles. The largest absolute Gasteiger partial charge is 0.0628 e. The van der Waals surface area contributed by atoms with Gasteiger partial charge in [0.25, 0.3) is 0 Å². The van der Waals surface area contributed by atoms with Crippen molar-refractivity contribution < 1.29 is 8.22 Å². The molecular weight excluding hydrogens is 324 g/mol. The van der Waals surface area contributed by atoms with Gasteiger partial charge in [0, 0.05) is 8.22 Å². The van der Waals surface area contributed by atoms with E-state index in [0.717, 1.165) is 30.6 Å². The normalized spacial score (nSPS) is 56.9. The van der Waals surface area contributed by atoms with Crippen LogP contribution in [0.5, 0.6) is 0 Å². The molecule has 4 aliphatic carbocycles. The second kappa shape index (κ2) is 7.68. The molecule has 0 aromatic heterocycles. The van der Waals surface area contributed by atoms with Crippen molar-refractivity contribution in [1.29, 1.82) is 0 Å². The summed E-state index contributed by atoms with van der Waals surface area (Å²) in [5.74, 6) is 3.47. The fraction of sp³-hybridized carbons (Fsp3) is 1.00. The molecule has 4 saturated carbocycles. The minimum Gasteiger partial charge on any atom is -0.0628 e. The van der Waals surface area contributed by atoms with Gasteiger partial charge in [0.2, 0.25) is 0 Å². The lowest BCUT2D eigenvalue weighted by atomic mass is 9.44. The first-order chi connectivity index (χ1) is 15.1. The van der Waals surface area contributed by atoms with E-state index in [0.29, 0.717) is 29.6 Å². The van der Waals surface area contributed by atoms with Crippen LogP contribution in [0.2, 0.25) is 0 Å². The van der Waals surface area contributed by atoms with Crippen LogP contribution < -0.4 is 0 Å². The zero-order chi connectivity index (χ0) is 24.6. The van der Waals surface area contributed by atoms with Crippen LogP contribution in [-0.2, 0) is 0 Å². The maximum absolute atomic E-state index is 8.76. The number of hydrogen-bond acceptors (Lipinski definition) is 0. The van der Waals surface area contributed by atoms with Crippen molar-refractivity contribution in [3.63, 3.8) is 0 Å². The molecule has 0 aliphatic heterocycles. The Morgan fingerprint density at radius 3 is 2.41 bits per heavy atom. The van der Waals surface area contributed by atoms with Crippen molar-refractivity contribution in [1.82, 2.24) is 0 Å². The van der Waals surface area contributed by atoms with Crippen LogP contribution in [-0.4, -0.2) is 0 Å². The summed E-state index contributed by atoms with van der Waals surface area (Å²) in [5, 5.41) is 0. The summed E-state index contributed by atoms with van der Waals surface area (Å²) in [7, 11) is 0. The van der Waals surface area contributed by atoms with Crippen LogP contribution in [0.1, 0.15) is 126 Å². The standard InChI is InChI=1S/C27H48/c1-19(2)9-8-10-20(3)23-14-15-24-22-13-12-21-11-6-7-17-26(21,4)25(22)16-18-27(23,24)5/h19-25H,6-18H2,1-5H3/t20-,21-,22+,23-,24+,25+,26+,27-/m1/s1/i6D2,7D2,11D2. The first kappa shape index (κ1) is 14.1. The van der Waals surface area contributed by atoms with Gasteiger partial charge in [0.05, 0.1) is 0 Å². The summed E-state index contributed by atoms with van der Waals surface area (Å²) in [6, 6.07) is 0. The van der Waals surface area contributed by atoms with E-state index < -0.39 is 24.5 Å². The van der Waals surface area contributed by atoms with Crippen LogP contribution in [0.4, 0.5) is 0 Å². The van der Waals surface area contributed by atoms with E-state index in [4.69, 9.17) is 8.22 Å². The fourth-order valence-electron chi connectivity index (χ4n) is 8.34. The number of rotatable bonds is 5. The van der Waals surface area contributed by atoms with Crippen molar-refractivity contribution >= 4 is 0 Å². The van der Waals surface area contributed by atoms with Gasteiger partial charge >= 0.3 is 0 Å². The van der Waals surface area contributed by atoms with E-state index in [2.05, 4.69) is 34.6 Å². The van der Waals surface area contributed by atoms with E-state index >= 15 is 0 Å². The summed E-state index contributed by atoms with van der Waals surface area (Å²) in [4.78, 5) is 0. The van der Waals surface area contributed by atoms with Crippen molar-refractivity contribution in [2.24, 2.45) is 52.3 Å². The molecule has 4 fully saturated rings. The highest BCUT2D eigenvalue weighted by atomic mass is 14.6.